The van der Waals surface area contributed by atoms with Crippen LogP contribution in [0.5, 0.6) is 0 Å². The van der Waals surface area contributed by atoms with Gasteiger partial charge in [-0.25, -0.2) is 10.4 Å². The molecule has 1 fully saturated rings. The lowest BCUT2D eigenvalue weighted by atomic mass is 10.0. The van der Waals surface area contributed by atoms with Gasteiger partial charge in [0.15, 0.2) is 36.0 Å². The molecule has 2 aromatic heterocycles. The van der Waals surface area contributed by atoms with E-state index >= 15 is 0 Å². The molecule has 2 aliphatic heterocycles. The molecule has 17 heteroatoms. The van der Waals surface area contributed by atoms with E-state index < -0.39 is 54.5 Å². The lowest BCUT2D eigenvalue weighted by Crippen LogP contribution is -2.50. The molecule has 0 saturated carbocycles. The Balaban J connectivity index is 1.70. The van der Waals surface area contributed by atoms with Gasteiger partial charge in [-0.2, -0.15) is 9.97 Å². The Morgan fingerprint density at radius 3 is 2.33 bits per heavy atom. The lowest BCUT2D eigenvalue weighted by molar-refractivity contribution is -0.171. The van der Waals surface area contributed by atoms with E-state index in [1.807, 2.05) is 6.08 Å². The fourth-order valence-electron chi connectivity index (χ4n) is 4.73. The van der Waals surface area contributed by atoms with E-state index in [1.54, 1.807) is 40.9 Å². The third kappa shape index (κ3) is 7.78. The summed E-state index contributed by atoms with van der Waals surface area (Å²) in [7, 11) is 0. The second-order valence-corrected chi connectivity index (χ2v) is 11.7. The number of esters is 2. The van der Waals surface area contributed by atoms with Crippen molar-refractivity contribution in [2.45, 2.75) is 90.2 Å². The number of likely N-dealkylation sites (N-methyl/N-ethyl adjacent to an activating group) is 1. The minimum atomic E-state index is -1.39. The minimum Gasteiger partial charge on any atom is -0.497 e. The molecule has 4 heterocycles. The summed E-state index contributed by atoms with van der Waals surface area (Å²) in [6.45, 7) is 9.47. The number of aromatic nitrogens is 4. The Bertz CT molecular complexity index is 1380. The first kappa shape index (κ1) is 33.8. The molecule has 45 heavy (non-hydrogen) atoms. The van der Waals surface area contributed by atoms with Gasteiger partial charge in [-0.1, -0.05) is 27.7 Å². The van der Waals surface area contributed by atoms with E-state index in [0.29, 0.717) is 6.54 Å². The van der Waals surface area contributed by atoms with Crippen LogP contribution in [0, 0.1) is 11.8 Å². The summed E-state index contributed by atoms with van der Waals surface area (Å²) >= 11 is 0. The van der Waals surface area contributed by atoms with Crippen molar-refractivity contribution in [1.29, 1.82) is 0 Å². The highest BCUT2D eigenvalue weighted by Gasteiger charge is 2.54. The van der Waals surface area contributed by atoms with Gasteiger partial charge in [0.25, 0.3) is 5.91 Å². The summed E-state index contributed by atoms with van der Waals surface area (Å²) in [4.78, 5) is 52.6. The fourth-order valence-corrected chi connectivity index (χ4v) is 4.73. The van der Waals surface area contributed by atoms with Crippen molar-refractivity contribution in [3.8, 4) is 0 Å². The van der Waals surface area contributed by atoms with Gasteiger partial charge in [0, 0.05) is 6.54 Å². The summed E-state index contributed by atoms with van der Waals surface area (Å²) in [6.07, 6.45) is 1.35. The van der Waals surface area contributed by atoms with Crippen LogP contribution < -0.4 is 33.4 Å². The number of nitrogens with one attached hydrogen (secondary N) is 3. The van der Waals surface area contributed by atoms with E-state index in [-0.39, 0.29) is 47.4 Å². The molecule has 4 rings (SSSR count). The first-order chi connectivity index (χ1) is 21.4. The highest BCUT2D eigenvalue weighted by molar-refractivity contribution is 5.85. The predicted octanol–water partition coefficient (Wildman–Crippen LogP) is -0.159. The summed E-state index contributed by atoms with van der Waals surface area (Å²) in [5.41, 5.74) is 24.8. The quantitative estimate of drug-likeness (QED) is 0.124. The normalized spacial score (nSPS) is 24.3. The van der Waals surface area contributed by atoms with Crippen LogP contribution in [0.1, 0.15) is 53.7 Å². The predicted molar refractivity (Wildman–Crippen MR) is 163 cm³/mol. The van der Waals surface area contributed by atoms with Gasteiger partial charge < -0.3 is 41.5 Å². The molecule has 0 spiro atoms. The summed E-state index contributed by atoms with van der Waals surface area (Å²) in [6, 6.07) is -2.02. The number of hydrazine groups is 1. The first-order valence-electron chi connectivity index (χ1n) is 15.1. The number of fused-ring (bicyclic) bond motifs is 1. The number of carbonyl (C=O) groups excluding carboxylic acids is 3. The van der Waals surface area contributed by atoms with Gasteiger partial charge >= 0.3 is 11.9 Å². The maximum atomic E-state index is 13.2. The second-order valence-electron chi connectivity index (χ2n) is 11.7. The number of imidazole rings is 1. The van der Waals surface area contributed by atoms with Crippen molar-refractivity contribution in [2.24, 2.45) is 23.3 Å². The van der Waals surface area contributed by atoms with Crippen molar-refractivity contribution in [2.75, 3.05) is 24.2 Å². The van der Waals surface area contributed by atoms with Gasteiger partial charge in [0.2, 0.25) is 5.95 Å². The number of rotatable bonds is 13. The number of nitrogens with two attached hydrogens (primary N) is 3. The average molecular weight is 633 g/mol. The zero-order chi connectivity index (χ0) is 32.8. The van der Waals surface area contributed by atoms with E-state index in [2.05, 4.69) is 31.1 Å². The zero-order valence-electron chi connectivity index (χ0n) is 26.1. The number of hydrogen-bond acceptors (Lipinski definition) is 15. The maximum absolute atomic E-state index is 13.2. The van der Waals surface area contributed by atoms with Gasteiger partial charge in [-0.3, -0.25) is 24.4 Å². The lowest BCUT2D eigenvalue weighted by Gasteiger charge is -2.27. The van der Waals surface area contributed by atoms with E-state index in [0.717, 1.165) is 12.8 Å². The van der Waals surface area contributed by atoms with Crippen LogP contribution in [0.4, 0.5) is 11.8 Å². The van der Waals surface area contributed by atoms with E-state index in [9.17, 15) is 14.4 Å². The van der Waals surface area contributed by atoms with Crippen molar-refractivity contribution in [3.63, 3.8) is 0 Å². The molecule has 0 aromatic carbocycles. The Morgan fingerprint density at radius 2 is 1.73 bits per heavy atom. The molecule has 1 amide bonds. The number of carbonyl (C=O) groups is 3. The molecule has 0 unspecified atom stereocenters. The molecule has 0 bridgehead atoms. The highest BCUT2D eigenvalue weighted by Crippen LogP contribution is 2.37. The van der Waals surface area contributed by atoms with Gasteiger partial charge in [-0.05, 0) is 37.7 Å². The molecule has 7 atom stereocenters. The molecule has 9 N–H and O–H groups in total. The monoisotopic (exact) mass is 632 g/mol. The molecular weight excluding hydrogens is 588 g/mol. The number of ether oxygens (including phenoxy) is 4. The van der Waals surface area contributed by atoms with Crippen LogP contribution in [0.3, 0.4) is 0 Å². The van der Waals surface area contributed by atoms with Crippen LogP contribution in [0.15, 0.2) is 18.7 Å². The molecule has 248 valence electrons. The van der Waals surface area contributed by atoms with Crippen molar-refractivity contribution < 1.29 is 33.3 Å². The van der Waals surface area contributed by atoms with Crippen LogP contribution in [0.2, 0.25) is 0 Å². The number of nitrogens with zero attached hydrogens (tertiary/aromatic N) is 4. The Labute approximate surface area is 260 Å². The highest BCUT2D eigenvalue weighted by atomic mass is 16.6. The SMILES string of the molecule is CCNC(=O)[C@H]1O[C@@H](n2cnc3c(N)nc(NNC[C@@H]4CCC=CO4)nc32)[C@H](OC(=O)[C@@H](N)C(C)C)[C@@H]1OC(=O)[C@@H](N)C(C)C. The molecule has 1 saturated heterocycles. The number of nitrogen functional groups attached to an aromatic ring is 1. The third-order valence-electron chi connectivity index (χ3n) is 7.56. The molecule has 2 aromatic rings. The summed E-state index contributed by atoms with van der Waals surface area (Å²) in [5.74, 6) is -2.53. The summed E-state index contributed by atoms with van der Waals surface area (Å²) < 4.78 is 24.8. The molecule has 2 aliphatic rings. The number of allylic oxidation sites excluding steroid dienone is 1. The van der Waals surface area contributed by atoms with Crippen molar-refractivity contribution in [3.05, 3.63) is 18.7 Å². The van der Waals surface area contributed by atoms with Crippen molar-refractivity contribution >= 4 is 40.8 Å². The van der Waals surface area contributed by atoms with Gasteiger partial charge in [0.05, 0.1) is 19.1 Å². The Hall–Kier alpha value is -4.06. The minimum absolute atomic E-state index is 0.0386. The molecule has 0 radical (unpaired) electrons. The van der Waals surface area contributed by atoms with Gasteiger partial charge in [0.1, 0.15) is 23.7 Å². The Morgan fingerprint density at radius 1 is 1.07 bits per heavy atom. The van der Waals surface area contributed by atoms with Crippen LogP contribution >= 0.6 is 0 Å². The number of amides is 1. The number of anilines is 2. The fraction of sp³-hybridized carbons (Fsp3) is 0.643. The van der Waals surface area contributed by atoms with Crippen molar-refractivity contribution in [1.82, 2.24) is 30.3 Å². The average Bonchev–Trinajstić information content (AvgIpc) is 3.58. The number of hydrogen-bond donors (Lipinski definition) is 6. The standard InChI is InChI=1S/C28H44N10O7/c1-6-32-24(39)20-19(44-26(40)16(29)13(2)3)21(45-27(41)17(30)14(4)5)25(43-20)38-12-33-18-22(31)35-28(36-23(18)38)37-34-11-15-9-7-8-10-42-15/h8,10,12-17,19-21,25,34H,6-7,9,11,29-30H2,1-5H3,(H,32,39)(H3,31,35,36,37)/t15-,16-,17-,19+,20-,21+,25+/m0/s1. The summed E-state index contributed by atoms with van der Waals surface area (Å²) in [5, 5.41) is 2.67. The van der Waals surface area contributed by atoms with E-state index in [4.69, 9.17) is 36.1 Å². The van der Waals surface area contributed by atoms with Crippen LogP contribution in [0.25, 0.3) is 11.2 Å². The largest absolute Gasteiger partial charge is 0.497 e. The molecule has 0 aliphatic carbocycles. The maximum Gasteiger partial charge on any atom is 0.323 e. The topological polar surface area (TPSA) is 246 Å². The first-order valence-corrected chi connectivity index (χ1v) is 15.1. The second kappa shape index (κ2) is 14.8. The third-order valence-corrected chi connectivity index (χ3v) is 7.56. The van der Waals surface area contributed by atoms with Gasteiger partial charge in [-0.15, -0.1) is 0 Å². The molecular formula is C28H44N10O7. The smallest absolute Gasteiger partial charge is 0.323 e. The van der Waals surface area contributed by atoms with E-state index in [1.165, 1.54) is 10.9 Å². The Kier molecular flexibility index (Phi) is 11.1. The zero-order valence-corrected chi connectivity index (χ0v) is 26.1. The molecule has 17 nitrogen and oxygen atoms in total. The van der Waals surface area contributed by atoms with Crippen LogP contribution in [-0.4, -0.2) is 87.0 Å². The van der Waals surface area contributed by atoms with Crippen LogP contribution in [-0.2, 0) is 33.3 Å².